The van der Waals surface area contributed by atoms with Gasteiger partial charge in [0.15, 0.2) is 0 Å². The van der Waals surface area contributed by atoms with Crippen molar-refractivity contribution >= 4 is 30.7 Å². The fraction of sp³-hybridized carbons (Fsp3) is 0.500. The van der Waals surface area contributed by atoms with E-state index in [2.05, 4.69) is 20.4 Å². The monoisotopic (exact) mass is 389 g/mol. The van der Waals surface area contributed by atoms with Gasteiger partial charge in [-0.05, 0) is 25.0 Å². The van der Waals surface area contributed by atoms with Crippen LogP contribution in [0.1, 0.15) is 39.6 Å². The number of amides is 1. The molecule has 0 radical (unpaired) electrons. The topological polar surface area (TPSA) is 107 Å². The number of nitrogens with one attached hydrogen (secondary N) is 1. The number of halogens is 2. The summed E-state index contributed by atoms with van der Waals surface area (Å²) in [6, 6.07) is 3.07. The molecular formula is C16H25Cl2N5O2. The van der Waals surface area contributed by atoms with Gasteiger partial charge in [0.1, 0.15) is 6.04 Å². The van der Waals surface area contributed by atoms with Crippen LogP contribution in [0.4, 0.5) is 0 Å². The Balaban J connectivity index is 0.00000288. The average Bonchev–Trinajstić information content (AvgIpc) is 3.01. The van der Waals surface area contributed by atoms with Crippen LogP contribution in [0.25, 0.3) is 11.4 Å². The fourth-order valence-corrected chi connectivity index (χ4v) is 2.01. The highest BCUT2D eigenvalue weighted by molar-refractivity contribution is 5.85. The highest BCUT2D eigenvalue weighted by atomic mass is 35.5. The molecule has 2 rings (SSSR count). The van der Waals surface area contributed by atoms with Gasteiger partial charge in [0.2, 0.25) is 17.6 Å². The molecule has 0 aromatic carbocycles. The molecule has 3 atom stereocenters. The third kappa shape index (κ3) is 5.95. The quantitative estimate of drug-likeness (QED) is 0.786. The van der Waals surface area contributed by atoms with E-state index in [1.54, 1.807) is 25.4 Å². The molecular weight excluding hydrogens is 365 g/mol. The maximum absolute atomic E-state index is 12.3. The molecule has 3 unspecified atom stereocenters. The number of carbonyl (C=O) groups excluding carboxylic acids is 1. The van der Waals surface area contributed by atoms with E-state index in [0.29, 0.717) is 11.7 Å². The van der Waals surface area contributed by atoms with Crippen LogP contribution in [0.5, 0.6) is 0 Å². The molecule has 9 heteroatoms. The lowest BCUT2D eigenvalue weighted by molar-refractivity contribution is -0.126. The Morgan fingerprint density at radius 1 is 1.24 bits per heavy atom. The summed E-state index contributed by atoms with van der Waals surface area (Å²) in [6.45, 7) is 7.57. The van der Waals surface area contributed by atoms with E-state index < -0.39 is 0 Å². The Hall–Kier alpha value is -1.70. The van der Waals surface area contributed by atoms with Crippen molar-refractivity contribution in [1.29, 1.82) is 0 Å². The van der Waals surface area contributed by atoms with E-state index >= 15 is 0 Å². The van der Waals surface area contributed by atoms with Crippen LogP contribution >= 0.6 is 24.8 Å². The Morgan fingerprint density at radius 2 is 1.92 bits per heavy atom. The van der Waals surface area contributed by atoms with Crippen molar-refractivity contribution in [2.75, 3.05) is 0 Å². The van der Waals surface area contributed by atoms with Crippen molar-refractivity contribution in [3.8, 4) is 11.4 Å². The fourth-order valence-electron chi connectivity index (χ4n) is 2.01. The average molecular weight is 390 g/mol. The Bertz CT molecular complexity index is 649. The lowest BCUT2D eigenvalue weighted by atomic mass is 10.00. The minimum Gasteiger partial charge on any atom is -0.344 e. The zero-order valence-electron chi connectivity index (χ0n) is 14.7. The molecule has 0 saturated heterocycles. The standard InChI is InChI=1S/C16H23N5O2.2ClH/c1-9(2)13(19-15(22)10(3)11(4)17)16-20-14(21-23-16)12-6-5-7-18-8-12;;/h5-11,13H,17H2,1-4H3,(H,19,22);2*1H. The van der Waals surface area contributed by atoms with Crippen molar-refractivity contribution < 1.29 is 9.32 Å². The molecule has 0 aliphatic heterocycles. The van der Waals surface area contributed by atoms with Gasteiger partial charge in [0.25, 0.3) is 0 Å². The predicted molar refractivity (Wildman–Crippen MR) is 101 cm³/mol. The van der Waals surface area contributed by atoms with E-state index in [0.717, 1.165) is 5.56 Å². The molecule has 0 spiro atoms. The summed E-state index contributed by atoms with van der Waals surface area (Å²) in [7, 11) is 0. The van der Waals surface area contributed by atoms with E-state index in [4.69, 9.17) is 10.3 Å². The van der Waals surface area contributed by atoms with Gasteiger partial charge in [0.05, 0.1) is 0 Å². The van der Waals surface area contributed by atoms with E-state index in [1.807, 2.05) is 26.8 Å². The number of carbonyl (C=O) groups is 1. The van der Waals surface area contributed by atoms with Gasteiger partial charge in [0, 0.05) is 29.9 Å². The summed E-state index contributed by atoms with van der Waals surface area (Å²) in [6.07, 6.45) is 3.34. The van der Waals surface area contributed by atoms with Crippen LogP contribution in [-0.4, -0.2) is 27.1 Å². The van der Waals surface area contributed by atoms with Crippen molar-refractivity contribution in [2.24, 2.45) is 17.6 Å². The summed E-state index contributed by atoms with van der Waals surface area (Å²) < 4.78 is 5.35. The molecule has 1 amide bonds. The number of rotatable bonds is 6. The SMILES string of the molecule is CC(C)C(NC(=O)C(C)C(C)N)c1nc(-c2cccnc2)no1.Cl.Cl. The number of nitrogens with two attached hydrogens (primary N) is 1. The van der Waals surface area contributed by atoms with Crippen LogP contribution in [0, 0.1) is 11.8 Å². The smallest absolute Gasteiger partial charge is 0.249 e. The Labute approximate surface area is 160 Å². The minimum atomic E-state index is -0.360. The highest BCUT2D eigenvalue weighted by Gasteiger charge is 2.27. The zero-order valence-corrected chi connectivity index (χ0v) is 16.3. The summed E-state index contributed by atoms with van der Waals surface area (Å²) >= 11 is 0. The van der Waals surface area contributed by atoms with Crippen LogP contribution in [0.15, 0.2) is 29.0 Å². The highest BCUT2D eigenvalue weighted by Crippen LogP contribution is 2.23. The van der Waals surface area contributed by atoms with Gasteiger partial charge in [-0.2, -0.15) is 4.98 Å². The Kier molecular flexibility index (Phi) is 9.62. The second kappa shape index (κ2) is 10.3. The molecule has 0 fully saturated rings. The number of pyridine rings is 1. The number of hydrogen-bond donors (Lipinski definition) is 2. The number of hydrogen-bond acceptors (Lipinski definition) is 6. The first kappa shape index (κ1) is 23.3. The van der Waals surface area contributed by atoms with Crippen LogP contribution < -0.4 is 11.1 Å². The third-order valence-electron chi connectivity index (χ3n) is 3.79. The van der Waals surface area contributed by atoms with Crippen molar-refractivity contribution in [1.82, 2.24) is 20.4 Å². The number of aromatic nitrogens is 3. The zero-order chi connectivity index (χ0) is 17.0. The minimum absolute atomic E-state index is 0. The molecule has 0 aliphatic rings. The molecule has 140 valence electrons. The lowest BCUT2D eigenvalue weighted by Gasteiger charge is -2.22. The largest absolute Gasteiger partial charge is 0.344 e. The van der Waals surface area contributed by atoms with Crippen LogP contribution in [-0.2, 0) is 4.79 Å². The van der Waals surface area contributed by atoms with E-state index in [9.17, 15) is 4.79 Å². The third-order valence-corrected chi connectivity index (χ3v) is 3.79. The maximum atomic E-state index is 12.3. The molecule has 0 aliphatic carbocycles. The van der Waals surface area contributed by atoms with E-state index in [1.165, 1.54) is 0 Å². The summed E-state index contributed by atoms with van der Waals surface area (Å²) in [5, 5.41) is 6.92. The van der Waals surface area contributed by atoms with E-state index in [-0.39, 0.29) is 54.6 Å². The van der Waals surface area contributed by atoms with Crippen LogP contribution in [0.2, 0.25) is 0 Å². The molecule has 0 saturated carbocycles. The molecule has 25 heavy (non-hydrogen) atoms. The second-order valence-electron chi connectivity index (χ2n) is 6.08. The molecule has 0 bridgehead atoms. The lowest BCUT2D eigenvalue weighted by Crippen LogP contribution is -2.41. The molecule has 3 N–H and O–H groups in total. The summed E-state index contributed by atoms with van der Waals surface area (Å²) in [5.41, 5.74) is 6.55. The van der Waals surface area contributed by atoms with Gasteiger partial charge in [-0.1, -0.05) is 25.9 Å². The molecule has 2 aromatic rings. The first-order valence-electron chi connectivity index (χ1n) is 7.70. The second-order valence-corrected chi connectivity index (χ2v) is 6.08. The van der Waals surface area contributed by atoms with Gasteiger partial charge < -0.3 is 15.6 Å². The number of nitrogens with zero attached hydrogens (tertiary/aromatic N) is 3. The summed E-state index contributed by atoms with van der Waals surface area (Å²) in [5.74, 6) is 0.510. The normalized spacial score (nSPS) is 14.0. The van der Waals surface area contributed by atoms with Crippen LogP contribution in [0.3, 0.4) is 0 Å². The first-order chi connectivity index (χ1) is 10.9. The van der Waals surface area contributed by atoms with Gasteiger partial charge in [-0.25, -0.2) is 0 Å². The maximum Gasteiger partial charge on any atom is 0.249 e. The van der Waals surface area contributed by atoms with Gasteiger partial charge >= 0.3 is 0 Å². The molecule has 2 aromatic heterocycles. The summed E-state index contributed by atoms with van der Waals surface area (Å²) in [4.78, 5) is 20.7. The van der Waals surface area contributed by atoms with Gasteiger partial charge in [-0.3, -0.25) is 9.78 Å². The Morgan fingerprint density at radius 3 is 2.44 bits per heavy atom. The van der Waals surface area contributed by atoms with Crippen molar-refractivity contribution in [2.45, 2.75) is 39.8 Å². The van der Waals surface area contributed by atoms with Crippen molar-refractivity contribution in [3.63, 3.8) is 0 Å². The predicted octanol–water partition coefficient (Wildman–Crippen LogP) is 2.77. The molecule has 7 nitrogen and oxygen atoms in total. The van der Waals surface area contributed by atoms with Crippen molar-refractivity contribution in [3.05, 3.63) is 30.4 Å². The molecule has 2 heterocycles. The van der Waals surface area contributed by atoms with Gasteiger partial charge in [-0.15, -0.1) is 24.8 Å². The first-order valence-corrected chi connectivity index (χ1v) is 7.70.